The maximum atomic E-state index is 12.1. The highest BCUT2D eigenvalue weighted by atomic mass is 79.9. The molecule has 4 nitrogen and oxygen atoms in total. The summed E-state index contributed by atoms with van der Waals surface area (Å²) < 4.78 is 1.01. The molecule has 2 rings (SSSR count). The van der Waals surface area contributed by atoms with Gasteiger partial charge in [0, 0.05) is 17.4 Å². The molecule has 1 aliphatic rings. The fourth-order valence-electron chi connectivity index (χ4n) is 2.37. The van der Waals surface area contributed by atoms with E-state index in [0.29, 0.717) is 25.8 Å². The number of carbonyl (C=O) groups excluding carboxylic acids is 1. The average molecular weight is 326 g/mol. The largest absolute Gasteiger partial charge is 0.480 e. The van der Waals surface area contributed by atoms with Crippen molar-refractivity contribution in [2.45, 2.75) is 31.7 Å². The molecule has 0 saturated carbocycles. The topological polar surface area (TPSA) is 57.6 Å². The zero-order valence-electron chi connectivity index (χ0n) is 10.5. The molecule has 5 heteroatoms. The molecule has 1 heterocycles. The second kappa shape index (κ2) is 6.19. The highest BCUT2D eigenvalue weighted by Gasteiger charge is 2.33. The van der Waals surface area contributed by atoms with Gasteiger partial charge < -0.3 is 10.0 Å². The first kappa shape index (κ1) is 14.1. The summed E-state index contributed by atoms with van der Waals surface area (Å²) in [4.78, 5) is 24.6. The number of rotatable bonds is 4. The molecule has 1 aliphatic heterocycles. The van der Waals surface area contributed by atoms with E-state index in [1.807, 2.05) is 24.3 Å². The number of carboxylic acid groups (broad SMARTS) is 1. The van der Waals surface area contributed by atoms with Crippen LogP contribution in [0.5, 0.6) is 0 Å². The Balaban J connectivity index is 1.90. The van der Waals surface area contributed by atoms with E-state index < -0.39 is 12.0 Å². The number of likely N-dealkylation sites (tertiary alicyclic amines) is 1. The summed E-state index contributed by atoms with van der Waals surface area (Å²) in [6.45, 7) is 0.566. The highest BCUT2D eigenvalue weighted by Crippen LogP contribution is 2.19. The molecule has 0 spiro atoms. The third kappa shape index (κ3) is 3.56. The van der Waals surface area contributed by atoms with Gasteiger partial charge in [-0.25, -0.2) is 4.79 Å². The van der Waals surface area contributed by atoms with E-state index in [4.69, 9.17) is 5.11 Å². The molecular weight excluding hydrogens is 310 g/mol. The second-order valence-corrected chi connectivity index (χ2v) is 5.63. The Labute approximate surface area is 120 Å². The predicted octanol–water partition coefficient (Wildman–Crippen LogP) is 2.46. The first-order valence-electron chi connectivity index (χ1n) is 6.34. The molecule has 1 unspecified atom stereocenters. The van der Waals surface area contributed by atoms with E-state index in [0.717, 1.165) is 16.5 Å². The number of nitrogens with zero attached hydrogens (tertiary/aromatic N) is 1. The van der Waals surface area contributed by atoms with Gasteiger partial charge in [0.2, 0.25) is 5.91 Å². The van der Waals surface area contributed by atoms with E-state index in [2.05, 4.69) is 15.9 Å². The molecule has 1 aromatic carbocycles. The molecule has 1 saturated heterocycles. The summed E-state index contributed by atoms with van der Waals surface area (Å²) in [5.74, 6) is -0.956. The summed E-state index contributed by atoms with van der Waals surface area (Å²) in [6, 6.07) is 7.19. The van der Waals surface area contributed by atoms with Crippen LogP contribution >= 0.6 is 15.9 Å². The zero-order valence-corrected chi connectivity index (χ0v) is 12.1. The molecule has 0 radical (unpaired) electrons. The van der Waals surface area contributed by atoms with Gasteiger partial charge in [-0.15, -0.1) is 0 Å². The molecule has 0 bridgehead atoms. The van der Waals surface area contributed by atoms with Crippen molar-refractivity contribution in [3.05, 3.63) is 34.3 Å². The van der Waals surface area contributed by atoms with Gasteiger partial charge in [-0.05, 0) is 37.0 Å². The SMILES string of the molecule is O=C(O)C1CCCN1C(=O)CCc1ccc(Br)cc1. The normalized spacial score (nSPS) is 18.6. The Bertz CT molecular complexity index is 472. The minimum Gasteiger partial charge on any atom is -0.480 e. The fourth-order valence-corrected chi connectivity index (χ4v) is 2.63. The number of aliphatic carboxylic acids is 1. The standard InChI is InChI=1S/C14H16BrNO3/c15-11-6-3-10(4-7-11)5-8-13(17)16-9-1-2-12(16)14(18)19/h3-4,6-7,12H,1-2,5,8-9H2,(H,18,19). The van der Waals surface area contributed by atoms with Crippen molar-refractivity contribution in [1.82, 2.24) is 4.90 Å². The van der Waals surface area contributed by atoms with Crippen LogP contribution in [0.4, 0.5) is 0 Å². The number of hydrogen-bond donors (Lipinski definition) is 1. The van der Waals surface area contributed by atoms with Gasteiger partial charge in [-0.1, -0.05) is 28.1 Å². The van der Waals surface area contributed by atoms with Crippen LogP contribution in [0, 0.1) is 0 Å². The maximum Gasteiger partial charge on any atom is 0.326 e. The monoisotopic (exact) mass is 325 g/mol. The van der Waals surface area contributed by atoms with E-state index in [1.165, 1.54) is 4.90 Å². The van der Waals surface area contributed by atoms with Gasteiger partial charge >= 0.3 is 5.97 Å². The minimum absolute atomic E-state index is 0.0622. The number of halogens is 1. The molecule has 0 aliphatic carbocycles. The van der Waals surface area contributed by atoms with Crippen molar-refractivity contribution in [2.75, 3.05) is 6.54 Å². The highest BCUT2D eigenvalue weighted by molar-refractivity contribution is 9.10. The van der Waals surface area contributed by atoms with Gasteiger partial charge in [0.05, 0.1) is 0 Å². The zero-order chi connectivity index (χ0) is 13.8. The molecule has 0 aromatic heterocycles. The molecule has 1 atom stereocenters. The lowest BCUT2D eigenvalue weighted by Crippen LogP contribution is -2.40. The summed E-state index contributed by atoms with van der Waals surface area (Å²) in [7, 11) is 0. The second-order valence-electron chi connectivity index (χ2n) is 4.71. The van der Waals surface area contributed by atoms with Crippen LogP contribution < -0.4 is 0 Å². The van der Waals surface area contributed by atoms with Crippen molar-refractivity contribution in [3.8, 4) is 0 Å². The van der Waals surface area contributed by atoms with Crippen LogP contribution in [0.2, 0.25) is 0 Å². The van der Waals surface area contributed by atoms with Crippen molar-refractivity contribution in [3.63, 3.8) is 0 Å². The lowest BCUT2D eigenvalue weighted by molar-refractivity contribution is -0.148. The fraction of sp³-hybridized carbons (Fsp3) is 0.429. The Morgan fingerprint density at radius 1 is 1.32 bits per heavy atom. The van der Waals surface area contributed by atoms with Crippen LogP contribution in [0.25, 0.3) is 0 Å². The first-order chi connectivity index (χ1) is 9.08. The van der Waals surface area contributed by atoms with Crippen molar-refractivity contribution in [1.29, 1.82) is 0 Å². The van der Waals surface area contributed by atoms with E-state index in [1.54, 1.807) is 0 Å². The molecule has 1 fully saturated rings. The third-order valence-electron chi connectivity index (χ3n) is 3.40. The number of carboxylic acids is 1. The molecule has 1 aromatic rings. The summed E-state index contributed by atoms with van der Waals surface area (Å²) >= 11 is 3.36. The number of hydrogen-bond acceptors (Lipinski definition) is 2. The quantitative estimate of drug-likeness (QED) is 0.925. The number of carbonyl (C=O) groups is 2. The Morgan fingerprint density at radius 2 is 2.00 bits per heavy atom. The number of benzene rings is 1. The minimum atomic E-state index is -0.894. The van der Waals surface area contributed by atoms with Crippen molar-refractivity contribution in [2.24, 2.45) is 0 Å². The summed E-state index contributed by atoms with van der Waals surface area (Å²) in [5.41, 5.74) is 1.09. The Kier molecular flexibility index (Phi) is 4.58. The van der Waals surface area contributed by atoms with Gasteiger partial charge in [0.15, 0.2) is 0 Å². The Morgan fingerprint density at radius 3 is 2.63 bits per heavy atom. The van der Waals surface area contributed by atoms with Crippen LogP contribution in [-0.2, 0) is 16.0 Å². The van der Waals surface area contributed by atoms with E-state index in [-0.39, 0.29) is 5.91 Å². The maximum absolute atomic E-state index is 12.1. The lowest BCUT2D eigenvalue weighted by Gasteiger charge is -2.21. The Hall–Kier alpha value is -1.36. The first-order valence-corrected chi connectivity index (χ1v) is 7.14. The van der Waals surface area contributed by atoms with Crippen LogP contribution in [0.1, 0.15) is 24.8 Å². The predicted molar refractivity (Wildman–Crippen MR) is 74.8 cm³/mol. The molecule has 1 amide bonds. The average Bonchev–Trinajstić information content (AvgIpc) is 2.87. The molecule has 19 heavy (non-hydrogen) atoms. The van der Waals surface area contributed by atoms with Crippen molar-refractivity contribution < 1.29 is 14.7 Å². The van der Waals surface area contributed by atoms with E-state index in [9.17, 15) is 9.59 Å². The molecule has 102 valence electrons. The summed E-state index contributed by atoms with van der Waals surface area (Å²) in [6.07, 6.45) is 2.36. The summed E-state index contributed by atoms with van der Waals surface area (Å²) in [5, 5.41) is 9.05. The van der Waals surface area contributed by atoms with Gasteiger partial charge in [-0.2, -0.15) is 0 Å². The van der Waals surface area contributed by atoms with Crippen molar-refractivity contribution >= 4 is 27.8 Å². The molecular formula is C14H16BrNO3. The van der Waals surface area contributed by atoms with Crippen LogP contribution in [-0.4, -0.2) is 34.5 Å². The van der Waals surface area contributed by atoms with Crippen LogP contribution in [0.3, 0.4) is 0 Å². The number of amides is 1. The van der Waals surface area contributed by atoms with Gasteiger partial charge in [0.25, 0.3) is 0 Å². The van der Waals surface area contributed by atoms with Gasteiger partial charge in [-0.3, -0.25) is 4.79 Å². The third-order valence-corrected chi connectivity index (χ3v) is 3.93. The molecule has 1 N–H and O–H groups in total. The van der Waals surface area contributed by atoms with Gasteiger partial charge in [0.1, 0.15) is 6.04 Å². The lowest BCUT2D eigenvalue weighted by atomic mass is 10.1. The number of aryl methyl sites for hydroxylation is 1. The smallest absolute Gasteiger partial charge is 0.326 e. The van der Waals surface area contributed by atoms with Crippen LogP contribution in [0.15, 0.2) is 28.7 Å². The van der Waals surface area contributed by atoms with E-state index >= 15 is 0 Å².